The van der Waals surface area contributed by atoms with Crippen molar-refractivity contribution in [2.45, 2.75) is 44.2 Å². The monoisotopic (exact) mass is 386 g/mol. The predicted octanol–water partition coefficient (Wildman–Crippen LogP) is 1.12. The maximum atomic E-state index is 12.4. The number of fused-ring (bicyclic) bond motifs is 1. The van der Waals surface area contributed by atoms with E-state index in [-0.39, 0.29) is 6.61 Å². The number of nitrogens with zero attached hydrogens (tertiary/aromatic N) is 1. The molecule has 0 saturated carbocycles. The topological polar surface area (TPSA) is 103 Å². The van der Waals surface area contributed by atoms with Crippen LogP contribution in [-0.2, 0) is 14.2 Å². The van der Waals surface area contributed by atoms with Gasteiger partial charge in [-0.15, -0.1) is 0 Å². The van der Waals surface area contributed by atoms with Crippen LogP contribution in [0.3, 0.4) is 0 Å². The summed E-state index contributed by atoms with van der Waals surface area (Å²) in [7, 11) is 0. The fraction of sp³-hybridized carbons (Fsp3) is 0.400. The second-order valence-corrected chi connectivity index (χ2v) is 7.31. The van der Waals surface area contributed by atoms with Crippen molar-refractivity contribution < 1.29 is 19.3 Å². The Morgan fingerprint density at radius 1 is 1.14 bits per heavy atom. The summed E-state index contributed by atoms with van der Waals surface area (Å²) in [5.41, 5.74) is 0.115. The summed E-state index contributed by atoms with van der Waals surface area (Å²) in [6.07, 6.45) is 2.32. The summed E-state index contributed by atoms with van der Waals surface area (Å²) in [6, 6.07) is 9.50. The van der Waals surface area contributed by atoms with Crippen molar-refractivity contribution in [1.29, 1.82) is 0 Å². The molecule has 148 valence electrons. The largest absolute Gasteiger partial charge is 0.394 e. The highest BCUT2D eigenvalue weighted by Gasteiger charge is 2.55. The number of ether oxygens (including phenoxy) is 3. The Hall–Kier alpha value is -2.52. The Morgan fingerprint density at radius 3 is 2.57 bits per heavy atom. The summed E-state index contributed by atoms with van der Waals surface area (Å²) in [5, 5.41) is 9.61. The summed E-state index contributed by atoms with van der Waals surface area (Å²) in [5.74, 6) is -0.855. The summed E-state index contributed by atoms with van der Waals surface area (Å²) >= 11 is 0. The lowest BCUT2D eigenvalue weighted by Crippen LogP contribution is -2.38. The van der Waals surface area contributed by atoms with Gasteiger partial charge in [0, 0.05) is 6.20 Å². The molecule has 8 heteroatoms. The molecule has 0 spiro atoms. The van der Waals surface area contributed by atoms with Gasteiger partial charge in [0.05, 0.1) is 12.2 Å². The summed E-state index contributed by atoms with van der Waals surface area (Å²) < 4.78 is 18.8. The van der Waals surface area contributed by atoms with Gasteiger partial charge in [0.25, 0.3) is 5.56 Å². The molecule has 0 unspecified atom stereocenters. The third-order valence-electron chi connectivity index (χ3n) is 4.83. The van der Waals surface area contributed by atoms with Crippen LogP contribution in [0, 0.1) is 0 Å². The van der Waals surface area contributed by atoms with Gasteiger partial charge in [0.2, 0.25) is 0 Å². The molecule has 0 bridgehead atoms. The zero-order valence-corrected chi connectivity index (χ0v) is 15.6. The highest BCUT2D eigenvalue weighted by Crippen LogP contribution is 2.42. The smallest absolute Gasteiger partial charge is 0.330 e. The Labute approximate surface area is 161 Å². The van der Waals surface area contributed by atoms with Crippen LogP contribution in [0.15, 0.2) is 46.1 Å². The van der Waals surface area contributed by atoms with Crippen molar-refractivity contribution in [1.82, 2.24) is 9.55 Å². The molecule has 1 aromatic carbocycles. The molecule has 3 heterocycles. The highest BCUT2D eigenvalue weighted by atomic mass is 16.8. The number of aromatic nitrogens is 2. The number of nitrogens with one attached hydrogen (secondary N) is 1. The van der Waals surface area contributed by atoms with Gasteiger partial charge in [-0.3, -0.25) is 14.3 Å². The van der Waals surface area contributed by atoms with Gasteiger partial charge in [0.15, 0.2) is 12.0 Å². The molecule has 2 saturated heterocycles. The Kier molecular flexibility index (Phi) is 4.80. The predicted molar refractivity (Wildman–Crippen MR) is 102 cm³/mol. The zero-order chi connectivity index (χ0) is 19.9. The van der Waals surface area contributed by atoms with Crippen molar-refractivity contribution in [3.8, 4) is 0 Å². The van der Waals surface area contributed by atoms with E-state index in [2.05, 4.69) is 4.98 Å². The molecular weight excluding hydrogens is 364 g/mol. The minimum atomic E-state index is -0.855. The Balaban J connectivity index is 1.69. The molecule has 0 aliphatic carbocycles. The van der Waals surface area contributed by atoms with Gasteiger partial charge >= 0.3 is 5.69 Å². The average molecular weight is 386 g/mol. The van der Waals surface area contributed by atoms with Crippen LogP contribution in [0.25, 0.3) is 12.2 Å². The number of aliphatic hydroxyl groups excluding tert-OH is 1. The molecule has 2 fully saturated rings. The molecule has 28 heavy (non-hydrogen) atoms. The molecule has 0 amide bonds. The van der Waals surface area contributed by atoms with Crippen LogP contribution >= 0.6 is 0 Å². The van der Waals surface area contributed by atoms with Gasteiger partial charge < -0.3 is 19.3 Å². The van der Waals surface area contributed by atoms with Crippen molar-refractivity contribution in [2.24, 2.45) is 0 Å². The lowest BCUT2D eigenvalue weighted by Gasteiger charge is -2.24. The van der Waals surface area contributed by atoms with Gasteiger partial charge in [0.1, 0.15) is 18.3 Å². The van der Waals surface area contributed by atoms with Crippen molar-refractivity contribution >= 4 is 12.2 Å². The number of H-pyrrole nitrogens is 1. The standard InChI is InChI=1S/C20H22N2O6/c1-20(2)27-15-14(11-23)26-18(16(15)28-20)22-10-13(17(24)21-19(22)25)9-8-12-6-4-3-5-7-12/h3-10,14-16,18,23H,11H2,1-2H3,(H,21,24,25)/b9-8+/t14-,15-,16-,18-/m1/s1. The van der Waals surface area contributed by atoms with E-state index in [1.807, 2.05) is 30.3 Å². The van der Waals surface area contributed by atoms with Crippen LogP contribution in [-0.4, -0.2) is 45.4 Å². The normalized spacial score (nSPS) is 28.7. The molecule has 2 aromatic rings. The third kappa shape index (κ3) is 3.47. The van der Waals surface area contributed by atoms with Crippen molar-refractivity contribution in [3.63, 3.8) is 0 Å². The van der Waals surface area contributed by atoms with Crippen LogP contribution < -0.4 is 11.2 Å². The van der Waals surface area contributed by atoms with E-state index < -0.39 is 41.6 Å². The van der Waals surface area contributed by atoms with E-state index in [9.17, 15) is 14.7 Å². The maximum absolute atomic E-state index is 12.4. The quantitative estimate of drug-likeness (QED) is 0.816. The number of hydrogen-bond acceptors (Lipinski definition) is 6. The van der Waals surface area contributed by atoms with Crippen LogP contribution in [0.2, 0.25) is 0 Å². The molecule has 4 rings (SSSR count). The summed E-state index contributed by atoms with van der Waals surface area (Å²) in [6.45, 7) is 3.26. The fourth-order valence-electron chi connectivity index (χ4n) is 3.59. The molecule has 2 aliphatic rings. The Bertz CT molecular complexity index is 994. The van der Waals surface area contributed by atoms with E-state index in [0.717, 1.165) is 5.56 Å². The van der Waals surface area contributed by atoms with E-state index in [0.29, 0.717) is 5.56 Å². The minimum absolute atomic E-state index is 0.268. The SMILES string of the molecule is CC1(C)O[C@@H]2[C@H](O1)[C@@H](CO)O[C@H]2n1cc(/C=C/c2ccccc2)c(=O)[nH]c1=O. The van der Waals surface area contributed by atoms with Crippen LogP contribution in [0.5, 0.6) is 0 Å². The lowest BCUT2D eigenvalue weighted by atomic mass is 10.1. The maximum Gasteiger partial charge on any atom is 0.330 e. The molecule has 2 N–H and O–H groups in total. The Morgan fingerprint density at radius 2 is 1.86 bits per heavy atom. The molecule has 2 aliphatic heterocycles. The molecule has 4 atom stereocenters. The van der Waals surface area contributed by atoms with Gasteiger partial charge in [-0.1, -0.05) is 36.4 Å². The van der Waals surface area contributed by atoms with Crippen LogP contribution in [0.4, 0.5) is 0 Å². The van der Waals surface area contributed by atoms with Crippen LogP contribution in [0.1, 0.15) is 31.2 Å². The average Bonchev–Trinajstić information content (AvgIpc) is 3.15. The van der Waals surface area contributed by atoms with E-state index >= 15 is 0 Å². The van der Waals surface area contributed by atoms with E-state index in [1.54, 1.807) is 26.0 Å². The fourth-order valence-corrected chi connectivity index (χ4v) is 3.59. The highest BCUT2D eigenvalue weighted by molar-refractivity contribution is 5.68. The van der Waals surface area contributed by atoms with E-state index in [1.165, 1.54) is 10.8 Å². The molecule has 8 nitrogen and oxygen atoms in total. The molecular formula is C20H22N2O6. The zero-order valence-electron chi connectivity index (χ0n) is 15.6. The van der Waals surface area contributed by atoms with Gasteiger partial charge in [-0.25, -0.2) is 4.79 Å². The third-order valence-corrected chi connectivity index (χ3v) is 4.83. The first kappa shape index (κ1) is 18.8. The van der Waals surface area contributed by atoms with Gasteiger partial charge in [-0.05, 0) is 25.5 Å². The molecule has 1 aromatic heterocycles. The first-order valence-corrected chi connectivity index (χ1v) is 9.08. The van der Waals surface area contributed by atoms with Crippen molar-refractivity contribution in [2.75, 3.05) is 6.61 Å². The minimum Gasteiger partial charge on any atom is -0.394 e. The number of benzene rings is 1. The second-order valence-electron chi connectivity index (χ2n) is 7.31. The number of aliphatic hydroxyl groups is 1. The number of aromatic amines is 1. The number of rotatable bonds is 4. The second kappa shape index (κ2) is 7.14. The first-order valence-electron chi connectivity index (χ1n) is 9.08. The molecule has 0 radical (unpaired) electrons. The van der Waals surface area contributed by atoms with E-state index in [4.69, 9.17) is 14.2 Å². The lowest BCUT2D eigenvalue weighted by molar-refractivity contribution is -0.200. The van der Waals surface area contributed by atoms with Crippen molar-refractivity contribution in [3.05, 3.63) is 68.5 Å². The number of hydrogen-bond donors (Lipinski definition) is 2. The first-order chi connectivity index (χ1) is 13.4. The van der Waals surface area contributed by atoms with Gasteiger partial charge in [-0.2, -0.15) is 0 Å². The summed E-state index contributed by atoms with van der Waals surface area (Å²) in [4.78, 5) is 27.0.